The van der Waals surface area contributed by atoms with Crippen molar-refractivity contribution in [2.24, 2.45) is 0 Å². The quantitative estimate of drug-likeness (QED) is 0.653. The first-order valence-electron chi connectivity index (χ1n) is 6.73. The molecule has 1 unspecified atom stereocenters. The van der Waals surface area contributed by atoms with E-state index in [1.54, 1.807) is 7.11 Å². The van der Waals surface area contributed by atoms with Gasteiger partial charge in [0, 0.05) is 26.9 Å². The Bertz CT molecular complexity index is 328. The van der Waals surface area contributed by atoms with Crippen molar-refractivity contribution in [3.05, 3.63) is 35.9 Å². The Hall–Kier alpha value is -0.723. The van der Waals surface area contributed by atoms with Crippen LogP contribution >= 0.6 is 0 Å². The van der Waals surface area contributed by atoms with Crippen molar-refractivity contribution in [1.82, 2.24) is 0 Å². The van der Waals surface area contributed by atoms with Crippen LogP contribution in [0.5, 0.6) is 0 Å². The van der Waals surface area contributed by atoms with E-state index in [0.29, 0.717) is 19.8 Å². The molecule has 4 nitrogen and oxygen atoms in total. The van der Waals surface area contributed by atoms with Crippen molar-refractivity contribution in [3.63, 3.8) is 0 Å². The maximum absolute atomic E-state index is 5.89. The smallest absolute Gasteiger partial charge is 0.372 e. The average Bonchev–Trinajstić information content (AvgIpc) is 2.41. The molecular weight excluding hydrogens is 260 g/mol. The molecule has 1 aromatic carbocycles. The van der Waals surface area contributed by atoms with Crippen LogP contribution in [0.15, 0.2) is 30.3 Å². The maximum Gasteiger partial charge on any atom is 0.536 e. The number of benzene rings is 1. The molecular formula is C14H24O4Si. The lowest BCUT2D eigenvalue weighted by Gasteiger charge is -2.34. The van der Waals surface area contributed by atoms with Gasteiger partial charge in [-0.05, 0) is 26.3 Å². The van der Waals surface area contributed by atoms with Crippen LogP contribution in [0.4, 0.5) is 0 Å². The van der Waals surface area contributed by atoms with Crippen LogP contribution in [0.2, 0.25) is 0 Å². The van der Waals surface area contributed by atoms with E-state index in [4.69, 9.17) is 18.0 Å². The van der Waals surface area contributed by atoms with Gasteiger partial charge in [-0.15, -0.1) is 0 Å². The van der Waals surface area contributed by atoms with Crippen molar-refractivity contribution in [3.8, 4) is 0 Å². The lowest BCUT2D eigenvalue weighted by molar-refractivity contribution is 0.00571. The van der Waals surface area contributed by atoms with Crippen LogP contribution in [-0.4, -0.2) is 35.7 Å². The zero-order valence-corrected chi connectivity index (χ0v) is 13.2. The summed E-state index contributed by atoms with van der Waals surface area (Å²) in [6.07, 6.45) is 0. The summed E-state index contributed by atoms with van der Waals surface area (Å²) in [6.45, 7) is 7.45. The van der Waals surface area contributed by atoms with Crippen molar-refractivity contribution in [2.75, 3.05) is 26.9 Å². The molecule has 0 amide bonds. The Morgan fingerprint density at radius 3 is 1.74 bits per heavy atom. The molecule has 0 aromatic heterocycles. The number of hydrogen-bond donors (Lipinski definition) is 0. The minimum atomic E-state index is -2.89. The first-order chi connectivity index (χ1) is 9.24. The fourth-order valence-corrected chi connectivity index (χ4v) is 4.87. The molecule has 0 aliphatic carbocycles. The highest BCUT2D eigenvalue weighted by atomic mass is 28.4. The molecule has 0 radical (unpaired) electrons. The van der Waals surface area contributed by atoms with Crippen LogP contribution in [0.25, 0.3) is 0 Å². The van der Waals surface area contributed by atoms with Crippen LogP contribution in [0.3, 0.4) is 0 Å². The molecule has 0 saturated carbocycles. The molecule has 0 saturated heterocycles. The van der Waals surface area contributed by atoms with E-state index in [2.05, 4.69) is 0 Å². The Morgan fingerprint density at radius 2 is 1.37 bits per heavy atom. The van der Waals surface area contributed by atoms with Gasteiger partial charge in [0.15, 0.2) is 5.73 Å². The van der Waals surface area contributed by atoms with Gasteiger partial charge in [0.05, 0.1) is 0 Å². The Morgan fingerprint density at radius 1 is 0.895 bits per heavy atom. The van der Waals surface area contributed by atoms with Gasteiger partial charge in [-0.25, -0.2) is 0 Å². The molecule has 19 heavy (non-hydrogen) atoms. The normalized spacial score (nSPS) is 13.5. The molecule has 0 aliphatic rings. The summed E-state index contributed by atoms with van der Waals surface area (Å²) in [7, 11) is -1.22. The molecule has 0 N–H and O–H groups in total. The number of ether oxygens (including phenoxy) is 1. The maximum atomic E-state index is 5.89. The van der Waals surface area contributed by atoms with Gasteiger partial charge in [-0.2, -0.15) is 0 Å². The van der Waals surface area contributed by atoms with Crippen LogP contribution in [-0.2, 0) is 18.0 Å². The van der Waals surface area contributed by atoms with E-state index in [9.17, 15) is 0 Å². The summed E-state index contributed by atoms with van der Waals surface area (Å²) >= 11 is 0. The van der Waals surface area contributed by atoms with Crippen LogP contribution < -0.4 is 0 Å². The van der Waals surface area contributed by atoms with Crippen molar-refractivity contribution >= 4 is 8.80 Å². The van der Waals surface area contributed by atoms with E-state index in [0.717, 1.165) is 5.56 Å². The molecule has 108 valence electrons. The van der Waals surface area contributed by atoms with Gasteiger partial charge in [-0.3, -0.25) is 0 Å². The number of rotatable bonds is 9. The minimum Gasteiger partial charge on any atom is -0.372 e. The fraction of sp³-hybridized carbons (Fsp3) is 0.571. The number of methoxy groups -OCH3 is 1. The Balaban J connectivity index is 3.10. The topological polar surface area (TPSA) is 36.9 Å². The predicted molar refractivity (Wildman–Crippen MR) is 76.8 cm³/mol. The third-order valence-electron chi connectivity index (χ3n) is 2.70. The van der Waals surface area contributed by atoms with E-state index in [1.165, 1.54) is 0 Å². The van der Waals surface area contributed by atoms with Crippen molar-refractivity contribution < 1.29 is 18.0 Å². The Labute approximate surface area is 117 Å². The van der Waals surface area contributed by atoms with Crippen molar-refractivity contribution in [1.29, 1.82) is 0 Å². The second kappa shape index (κ2) is 8.45. The summed E-state index contributed by atoms with van der Waals surface area (Å²) in [5.41, 5.74) is 0.723. The predicted octanol–water partition coefficient (Wildman–Crippen LogP) is 2.96. The highest BCUT2D eigenvalue weighted by molar-refractivity contribution is 6.62. The molecule has 0 fully saturated rings. The third kappa shape index (κ3) is 4.12. The van der Waals surface area contributed by atoms with Gasteiger partial charge < -0.3 is 18.0 Å². The Kier molecular flexibility index (Phi) is 7.26. The molecule has 0 aliphatic heterocycles. The first-order valence-corrected chi connectivity index (χ1v) is 8.53. The summed E-state index contributed by atoms with van der Waals surface area (Å²) in [4.78, 5) is 0. The van der Waals surface area contributed by atoms with E-state index >= 15 is 0 Å². The largest absolute Gasteiger partial charge is 0.536 e. The molecule has 1 aromatic rings. The zero-order chi connectivity index (χ0) is 14.1. The molecule has 0 bridgehead atoms. The van der Waals surface area contributed by atoms with Gasteiger partial charge in [0.25, 0.3) is 0 Å². The first kappa shape index (κ1) is 16.3. The van der Waals surface area contributed by atoms with Gasteiger partial charge in [-0.1, -0.05) is 30.3 Å². The van der Waals surface area contributed by atoms with Gasteiger partial charge in [0.1, 0.15) is 0 Å². The minimum absolute atomic E-state index is 0.298. The second-order valence-electron chi connectivity index (χ2n) is 3.93. The molecule has 5 heteroatoms. The second-order valence-corrected chi connectivity index (χ2v) is 6.53. The van der Waals surface area contributed by atoms with Crippen LogP contribution in [0.1, 0.15) is 32.1 Å². The summed E-state index contributed by atoms with van der Waals surface area (Å²) < 4.78 is 23.3. The van der Waals surface area contributed by atoms with E-state index < -0.39 is 8.80 Å². The summed E-state index contributed by atoms with van der Waals surface area (Å²) in [5.74, 6) is 0. The zero-order valence-electron chi connectivity index (χ0n) is 12.2. The third-order valence-corrected chi connectivity index (χ3v) is 5.98. The van der Waals surface area contributed by atoms with E-state index in [1.807, 2.05) is 51.1 Å². The SMILES string of the molecule is CCO[Si](OCC)(OCC)C(OC)c1ccccc1. The molecule has 1 atom stereocenters. The molecule has 0 heterocycles. The summed E-state index contributed by atoms with van der Waals surface area (Å²) in [6, 6.07) is 9.94. The van der Waals surface area contributed by atoms with Crippen LogP contribution in [0, 0.1) is 0 Å². The average molecular weight is 284 g/mol. The summed E-state index contributed by atoms with van der Waals surface area (Å²) in [5, 5.41) is 0. The highest BCUT2D eigenvalue weighted by Gasteiger charge is 2.50. The highest BCUT2D eigenvalue weighted by Crippen LogP contribution is 2.30. The number of hydrogen-bond acceptors (Lipinski definition) is 4. The van der Waals surface area contributed by atoms with Gasteiger partial charge in [0.2, 0.25) is 0 Å². The molecule has 0 spiro atoms. The lowest BCUT2D eigenvalue weighted by Crippen LogP contribution is -2.52. The van der Waals surface area contributed by atoms with Gasteiger partial charge >= 0.3 is 8.80 Å². The standard InChI is InChI=1S/C14H24O4Si/c1-5-16-19(17-6-2,18-7-3)14(15-4)13-11-9-8-10-12-13/h8-12,14H,5-7H2,1-4H3. The lowest BCUT2D eigenvalue weighted by atomic mass is 10.2. The molecule has 1 rings (SSSR count). The van der Waals surface area contributed by atoms with E-state index in [-0.39, 0.29) is 5.73 Å². The van der Waals surface area contributed by atoms with Crippen molar-refractivity contribution in [2.45, 2.75) is 26.5 Å². The monoisotopic (exact) mass is 284 g/mol. The fourth-order valence-electron chi connectivity index (χ4n) is 2.07.